The molecule has 30 heavy (non-hydrogen) atoms. The van der Waals surface area contributed by atoms with E-state index in [1.807, 2.05) is 4.90 Å². The van der Waals surface area contributed by atoms with Crippen molar-refractivity contribution in [2.24, 2.45) is 0 Å². The number of carbonyl (C=O) groups excluding carboxylic acids is 1. The maximum atomic E-state index is 13.6. The quantitative estimate of drug-likeness (QED) is 0.791. The van der Waals surface area contributed by atoms with Gasteiger partial charge in [0, 0.05) is 32.4 Å². The van der Waals surface area contributed by atoms with Crippen molar-refractivity contribution in [1.82, 2.24) is 9.80 Å². The molecule has 1 heterocycles. The maximum absolute atomic E-state index is 13.6. The van der Waals surface area contributed by atoms with E-state index in [1.54, 1.807) is 20.0 Å². The number of anilines is 1. The van der Waals surface area contributed by atoms with E-state index in [4.69, 9.17) is 11.6 Å². The molecule has 1 atom stereocenters. The summed E-state index contributed by atoms with van der Waals surface area (Å²) in [6.45, 7) is 2.44. The molecule has 1 saturated heterocycles. The SMILES string of the molecule is Cc1cc(F)ccc1N1CCN(C(=O)O)CC1C(=O)N(C)Cc1ccc(F)c(Cl)c1. The first-order valence-electron chi connectivity index (χ1n) is 9.37. The number of hydrogen-bond donors (Lipinski definition) is 1. The lowest BCUT2D eigenvalue weighted by atomic mass is 10.1. The van der Waals surface area contributed by atoms with E-state index < -0.39 is 18.0 Å². The van der Waals surface area contributed by atoms with Crippen molar-refractivity contribution < 1.29 is 23.5 Å². The number of rotatable bonds is 4. The number of likely N-dealkylation sites (N-methyl/N-ethyl adjacent to an activating group) is 1. The summed E-state index contributed by atoms with van der Waals surface area (Å²) in [5, 5.41) is 9.36. The Morgan fingerprint density at radius 2 is 1.93 bits per heavy atom. The van der Waals surface area contributed by atoms with Crippen molar-refractivity contribution in [2.75, 3.05) is 31.6 Å². The zero-order valence-electron chi connectivity index (χ0n) is 16.6. The van der Waals surface area contributed by atoms with Gasteiger partial charge in [0.2, 0.25) is 5.91 Å². The summed E-state index contributed by atoms with van der Waals surface area (Å²) in [7, 11) is 1.59. The molecule has 6 nitrogen and oxygen atoms in total. The number of aryl methyl sites for hydroxylation is 1. The molecule has 0 spiro atoms. The molecular formula is C21H22ClF2N3O3. The lowest BCUT2D eigenvalue weighted by Crippen LogP contribution is -2.60. The maximum Gasteiger partial charge on any atom is 0.407 e. The van der Waals surface area contributed by atoms with E-state index in [0.29, 0.717) is 23.4 Å². The van der Waals surface area contributed by atoms with Crippen molar-refractivity contribution in [3.63, 3.8) is 0 Å². The Labute approximate surface area is 178 Å². The smallest absolute Gasteiger partial charge is 0.407 e. The summed E-state index contributed by atoms with van der Waals surface area (Å²) < 4.78 is 27.0. The minimum Gasteiger partial charge on any atom is -0.465 e. The summed E-state index contributed by atoms with van der Waals surface area (Å²) in [6, 6.07) is 7.74. The third kappa shape index (κ3) is 4.64. The molecule has 1 unspecified atom stereocenters. The van der Waals surface area contributed by atoms with Crippen LogP contribution in [-0.2, 0) is 11.3 Å². The van der Waals surface area contributed by atoms with Gasteiger partial charge in [-0.2, -0.15) is 0 Å². The normalized spacial score (nSPS) is 16.5. The molecule has 9 heteroatoms. The van der Waals surface area contributed by atoms with Crippen LogP contribution in [-0.4, -0.2) is 59.6 Å². The Balaban J connectivity index is 1.86. The third-order valence-electron chi connectivity index (χ3n) is 5.18. The Bertz CT molecular complexity index is 973. The number of piperazine rings is 1. The minimum absolute atomic E-state index is 0.0144. The monoisotopic (exact) mass is 437 g/mol. The summed E-state index contributed by atoms with van der Waals surface area (Å²) in [4.78, 5) is 29.2. The second kappa shape index (κ2) is 8.87. The number of amides is 2. The van der Waals surface area contributed by atoms with Crippen molar-refractivity contribution in [3.05, 3.63) is 64.2 Å². The Morgan fingerprint density at radius 1 is 1.20 bits per heavy atom. The fourth-order valence-corrected chi connectivity index (χ4v) is 3.84. The molecule has 1 fully saturated rings. The molecule has 2 amide bonds. The van der Waals surface area contributed by atoms with Crippen LogP contribution in [0.1, 0.15) is 11.1 Å². The Kier molecular flexibility index (Phi) is 6.45. The van der Waals surface area contributed by atoms with E-state index >= 15 is 0 Å². The van der Waals surface area contributed by atoms with Gasteiger partial charge in [-0.3, -0.25) is 4.79 Å². The second-order valence-electron chi connectivity index (χ2n) is 7.31. The number of hydrogen-bond acceptors (Lipinski definition) is 3. The van der Waals surface area contributed by atoms with Gasteiger partial charge in [0.1, 0.15) is 17.7 Å². The van der Waals surface area contributed by atoms with Crippen molar-refractivity contribution in [2.45, 2.75) is 19.5 Å². The highest BCUT2D eigenvalue weighted by Gasteiger charge is 2.36. The lowest BCUT2D eigenvalue weighted by Gasteiger charge is -2.42. The molecule has 0 aromatic heterocycles. The number of carbonyl (C=O) groups is 2. The van der Waals surface area contributed by atoms with Crippen LogP contribution in [0, 0.1) is 18.6 Å². The summed E-state index contributed by atoms with van der Waals surface area (Å²) in [5.41, 5.74) is 1.98. The van der Waals surface area contributed by atoms with Crippen LogP contribution in [0.5, 0.6) is 0 Å². The molecule has 0 radical (unpaired) electrons. The van der Waals surface area contributed by atoms with Gasteiger partial charge in [-0.15, -0.1) is 0 Å². The van der Waals surface area contributed by atoms with Gasteiger partial charge in [0.05, 0.1) is 11.6 Å². The van der Waals surface area contributed by atoms with Crippen molar-refractivity contribution in [3.8, 4) is 0 Å². The van der Waals surface area contributed by atoms with Gasteiger partial charge in [0.15, 0.2) is 0 Å². The molecule has 1 aliphatic rings. The van der Waals surface area contributed by atoms with Crippen LogP contribution in [0.2, 0.25) is 5.02 Å². The van der Waals surface area contributed by atoms with E-state index in [2.05, 4.69) is 0 Å². The molecule has 2 aromatic rings. The molecule has 0 saturated carbocycles. The van der Waals surface area contributed by atoms with Crippen LogP contribution in [0.15, 0.2) is 36.4 Å². The van der Waals surface area contributed by atoms with Crippen LogP contribution < -0.4 is 4.90 Å². The summed E-state index contributed by atoms with van der Waals surface area (Å²) >= 11 is 5.82. The Morgan fingerprint density at radius 3 is 2.57 bits per heavy atom. The number of halogens is 3. The molecular weight excluding hydrogens is 416 g/mol. The van der Waals surface area contributed by atoms with Crippen LogP contribution >= 0.6 is 11.6 Å². The standard InChI is InChI=1S/C21H22ClF2N3O3/c1-13-9-15(23)4-6-18(13)27-8-7-26(21(29)30)12-19(27)20(28)25(2)11-14-3-5-17(24)16(22)10-14/h3-6,9-10,19H,7-8,11-12H2,1-2H3,(H,29,30). The van der Waals surface area contributed by atoms with E-state index in [1.165, 1.54) is 40.1 Å². The average molecular weight is 438 g/mol. The molecule has 0 aliphatic carbocycles. The topological polar surface area (TPSA) is 64.1 Å². The highest BCUT2D eigenvalue weighted by atomic mass is 35.5. The number of carboxylic acid groups (broad SMARTS) is 1. The minimum atomic E-state index is -1.10. The van der Waals surface area contributed by atoms with E-state index in [-0.39, 0.29) is 36.4 Å². The summed E-state index contributed by atoms with van der Waals surface area (Å²) in [6.07, 6.45) is -1.10. The fourth-order valence-electron chi connectivity index (χ4n) is 3.64. The fraction of sp³-hybridized carbons (Fsp3) is 0.333. The van der Waals surface area contributed by atoms with Gasteiger partial charge in [-0.05, 0) is 48.4 Å². The third-order valence-corrected chi connectivity index (χ3v) is 5.47. The van der Waals surface area contributed by atoms with E-state index in [0.717, 1.165) is 0 Å². The molecule has 0 bridgehead atoms. The number of benzene rings is 2. The van der Waals surface area contributed by atoms with Gasteiger partial charge in [-0.1, -0.05) is 17.7 Å². The van der Waals surface area contributed by atoms with Crippen molar-refractivity contribution >= 4 is 29.3 Å². The second-order valence-corrected chi connectivity index (χ2v) is 7.72. The number of nitrogens with zero attached hydrogens (tertiary/aromatic N) is 3. The van der Waals surface area contributed by atoms with E-state index in [9.17, 15) is 23.5 Å². The molecule has 1 N–H and O–H groups in total. The average Bonchev–Trinajstić information content (AvgIpc) is 2.70. The molecule has 160 valence electrons. The highest BCUT2D eigenvalue weighted by molar-refractivity contribution is 6.30. The Hall–Kier alpha value is -2.87. The van der Waals surface area contributed by atoms with Crippen LogP contribution in [0.4, 0.5) is 19.3 Å². The van der Waals surface area contributed by atoms with Gasteiger partial charge in [-0.25, -0.2) is 13.6 Å². The van der Waals surface area contributed by atoms with Crippen LogP contribution in [0.3, 0.4) is 0 Å². The largest absolute Gasteiger partial charge is 0.465 e. The first-order valence-corrected chi connectivity index (χ1v) is 9.74. The molecule has 2 aromatic carbocycles. The highest BCUT2D eigenvalue weighted by Crippen LogP contribution is 2.27. The van der Waals surface area contributed by atoms with Gasteiger partial charge >= 0.3 is 6.09 Å². The molecule has 1 aliphatic heterocycles. The lowest BCUT2D eigenvalue weighted by molar-refractivity contribution is -0.132. The first-order chi connectivity index (χ1) is 14.2. The van der Waals surface area contributed by atoms with Gasteiger partial charge < -0.3 is 19.8 Å². The van der Waals surface area contributed by atoms with Crippen molar-refractivity contribution in [1.29, 1.82) is 0 Å². The predicted octanol–water partition coefficient (Wildman–Crippen LogP) is 3.75. The summed E-state index contributed by atoms with van der Waals surface area (Å²) in [5.74, 6) is -1.23. The zero-order valence-corrected chi connectivity index (χ0v) is 17.4. The van der Waals surface area contributed by atoms with Crippen LogP contribution in [0.25, 0.3) is 0 Å². The van der Waals surface area contributed by atoms with Gasteiger partial charge in [0.25, 0.3) is 0 Å². The zero-order chi connectivity index (χ0) is 22.0. The molecule has 3 rings (SSSR count). The first kappa shape index (κ1) is 21.8. The predicted molar refractivity (Wildman–Crippen MR) is 110 cm³/mol.